The van der Waals surface area contributed by atoms with Crippen molar-refractivity contribution in [1.29, 1.82) is 0 Å². The van der Waals surface area contributed by atoms with E-state index in [1.165, 1.54) is 12.1 Å². The maximum Gasteiger partial charge on any atom is 0.265 e. The highest BCUT2D eigenvalue weighted by Crippen LogP contribution is 2.22. The van der Waals surface area contributed by atoms with Crippen molar-refractivity contribution >= 4 is 27.5 Å². The summed E-state index contributed by atoms with van der Waals surface area (Å²) in [6.45, 7) is 5.54. The van der Waals surface area contributed by atoms with Crippen LogP contribution in [0.2, 0.25) is 0 Å². The summed E-state index contributed by atoms with van der Waals surface area (Å²) in [5.74, 6) is -0.257. The summed E-state index contributed by atoms with van der Waals surface area (Å²) in [7, 11) is 0. The molecule has 0 saturated carbocycles. The molecule has 1 N–H and O–H groups in total. The summed E-state index contributed by atoms with van der Waals surface area (Å²) in [4.78, 5) is 12.1. The zero-order chi connectivity index (χ0) is 16.3. The van der Waals surface area contributed by atoms with E-state index in [4.69, 9.17) is 4.74 Å². The largest absolute Gasteiger partial charge is 0.481 e. The molecule has 2 aromatic carbocycles. The van der Waals surface area contributed by atoms with Crippen LogP contribution in [0.5, 0.6) is 5.75 Å². The Morgan fingerprint density at radius 3 is 2.59 bits per heavy atom. The molecule has 0 aromatic heterocycles. The third-order valence-electron chi connectivity index (χ3n) is 3.19. The lowest BCUT2D eigenvalue weighted by Crippen LogP contribution is -2.30. The summed E-state index contributed by atoms with van der Waals surface area (Å²) in [5.41, 5.74) is 2.21. The number of hydrogen-bond acceptors (Lipinski definition) is 2. The van der Waals surface area contributed by atoms with Gasteiger partial charge in [0.2, 0.25) is 0 Å². The number of hydrogen-bond donors (Lipinski definition) is 1. The van der Waals surface area contributed by atoms with Crippen LogP contribution in [0.4, 0.5) is 10.1 Å². The lowest BCUT2D eigenvalue weighted by atomic mass is 10.1. The molecule has 116 valence electrons. The molecule has 0 saturated heterocycles. The molecular weight excluding hydrogens is 349 g/mol. The SMILES string of the molecule is Cc1ccc(O[C@H](C)C(=O)Nc2ccc(Br)cc2F)c(C)c1. The Morgan fingerprint density at radius 2 is 1.95 bits per heavy atom. The van der Waals surface area contributed by atoms with Gasteiger partial charge in [-0.15, -0.1) is 0 Å². The quantitative estimate of drug-likeness (QED) is 0.858. The van der Waals surface area contributed by atoms with Crippen molar-refractivity contribution in [2.24, 2.45) is 0 Å². The van der Waals surface area contributed by atoms with Crippen LogP contribution < -0.4 is 10.1 Å². The minimum atomic E-state index is -0.732. The molecule has 0 bridgehead atoms. The van der Waals surface area contributed by atoms with E-state index in [1.54, 1.807) is 13.0 Å². The second kappa shape index (κ2) is 6.92. The van der Waals surface area contributed by atoms with Crippen LogP contribution in [0.1, 0.15) is 18.1 Å². The zero-order valence-corrected chi connectivity index (χ0v) is 14.2. The topological polar surface area (TPSA) is 38.3 Å². The van der Waals surface area contributed by atoms with Gasteiger partial charge in [-0.2, -0.15) is 0 Å². The van der Waals surface area contributed by atoms with Gasteiger partial charge in [-0.25, -0.2) is 4.39 Å². The van der Waals surface area contributed by atoms with E-state index in [0.717, 1.165) is 11.1 Å². The molecule has 0 radical (unpaired) electrons. The predicted molar refractivity (Wildman–Crippen MR) is 88.7 cm³/mol. The van der Waals surface area contributed by atoms with Gasteiger partial charge in [-0.1, -0.05) is 33.6 Å². The van der Waals surface area contributed by atoms with Gasteiger partial charge >= 0.3 is 0 Å². The molecule has 1 atom stereocenters. The average Bonchev–Trinajstić information content (AvgIpc) is 2.44. The second-order valence-electron chi connectivity index (χ2n) is 5.14. The van der Waals surface area contributed by atoms with Gasteiger partial charge in [0.25, 0.3) is 5.91 Å². The molecule has 0 aliphatic rings. The molecule has 0 heterocycles. The number of ether oxygens (including phenoxy) is 1. The summed E-state index contributed by atoms with van der Waals surface area (Å²) in [6.07, 6.45) is -0.732. The average molecular weight is 366 g/mol. The molecule has 0 spiro atoms. The van der Waals surface area contributed by atoms with Gasteiger partial charge in [-0.3, -0.25) is 4.79 Å². The number of anilines is 1. The molecule has 5 heteroatoms. The van der Waals surface area contributed by atoms with Gasteiger partial charge in [0.15, 0.2) is 6.10 Å². The molecular formula is C17H17BrFNO2. The van der Waals surface area contributed by atoms with Crippen molar-refractivity contribution in [2.75, 3.05) is 5.32 Å². The lowest BCUT2D eigenvalue weighted by molar-refractivity contribution is -0.122. The summed E-state index contributed by atoms with van der Waals surface area (Å²) >= 11 is 3.17. The van der Waals surface area contributed by atoms with Crippen molar-refractivity contribution in [1.82, 2.24) is 0 Å². The van der Waals surface area contributed by atoms with E-state index in [1.807, 2.05) is 32.0 Å². The smallest absolute Gasteiger partial charge is 0.265 e. The molecule has 2 aromatic rings. The molecule has 3 nitrogen and oxygen atoms in total. The highest BCUT2D eigenvalue weighted by molar-refractivity contribution is 9.10. The standard InChI is InChI=1S/C17H17BrFNO2/c1-10-4-7-16(11(2)8-10)22-12(3)17(21)20-15-6-5-13(18)9-14(15)19/h4-9,12H,1-3H3,(H,20,21)/t12-/m1/s1. The molecule has 0 unspecified atom stereocenters. The minimum absolute atomic E-state index is 0.129. The fraction of sp³-hybridized carbons (Fsp3) is 0.235. The molecule has 22 heavy (non-hydrogen) atoms. The number of rotatable bonds is 4. The summed E-state index contributed by atoms with van der Waals surface area (Å²) < 4.78 is 20.0. The van der Waals surface area contributed by atoms with Crippen LogP contribution in [0.15, 0.2) is 40.9 Å². The minimum Gasteiger partial charge on any atom is -0.481 e. The van der Waals surface area contributed by atoms with Crippen LogP contribution in [-0.4, -0.2) is 12.0 Å². The van der Waals surface area contributed by atoms with E-state index in [9.17, 15) is 9.18 Å². The fourth-order valence-corrected chi connectivity index (χ4v) is 2.33. The first kappa shape index (κ1) is 16.5. The zero-order valence-electron chi connectivity index (χ0n) is 12.6. The summed E-state index contributed by atoms with van der Waals surface area (Å²) in [6, 6.07) is 10.2. The van der Waals surface area contributed by atoms with Crippen LogP contribution in [-0.2, 0) is 4.79 Å². The van der Waals surface area contributed by atoms with Gasteiger partial charge < -0.3 is 10.1 Å². The van der Waals surface area contributed by atoms with Crippen molar-refractivity contribution < 1.29 is 13.9 Å². The Kier molecular flexibility index (Phi) is 5.19. The van der Waals surface area contributed by atoms with Gasteiger partial charge in [0, 0.05) is 4.47 Å². The van der Waals surface area contributed by atoms with Crippen molar-refractivity contribution in [3.63, 3.8) is 0 Å². The van der Waals surface area contributed by atoms with Crippen LogP contribution in [0, 0.1) is 19.7 Å². The molecule has 1 amide bonds. The first-order valence-corrected chi connectivity index (χ1v) is 7.66. The third-order valence-corrected chi connectivity index (χ3v) is 3.69. The third kappa shape index (κ3) is 4.07. The Morgan fingerprint density at radius 1 is 1.23 bits per heavy atom. The van der Waals surface area contributed by atoms with Crippen molar-refractivity contribution in [3.8, 4) is 5.75 Å². The van der Waals surface area contributed by atoms with Gasteiger partial charge in [0.05, 0.1) is 5.69 Å². The van der Waals surface area contributed by atoms with Crippen LogP contribution in [0.25, 0.3) is 0 Å². The summed E-state index contributed by atoms with van der Waals surface area (Å²) in [5, 5.41) is 2.53. The van der Waals surface area contributed by atoms with Crippen LogP contribution in [0.3, 0.4) is 0 Å². The van der Waals surface area contributed by atoms with Crippen molar-refractivity contribution in [3.05, 3.63) is 57.8 Å². The first-order chi connectivity index (χ1) is 10.4. The number of amides is 1. The predicted octanol–water partition coefficient (Wildman–Crippen LogP) is 4.61. The molecule has 0 aliphatic heterocycles. The highest BCUT2D eigenvalue weighted by atomic mass is 79.9. The Labute approximate surface area is 137 Å². The number of halogens is 2. The number of carbonyl (C=O) groups excluding carboxylic acids is 1. The highest BCUT2D eigenvalue weighted by Gasteiger charge is 2.17. The van der Waals surface area contributed by atoms with Crippen molar-refractivity contribution in [2.45, 2.75) is 26.9 Å². The lowest BCUT2D eigenvalue weighted by Gasteiger charge is -2.17. The normalized spacial score (nSPS) is 11.9. The number of aryl methyl sites for hydroxylation is 2. The first-order valence-electron chi connectivity index (χ1n) is 6.86. The Balaban J connectivity index is 2.05. The van der Waals surface area contributed by atoms with Crippen LogP contribution >= 0.6 is 15.9 Å². The fourth-order valence-electron chi connectivity index (χ4n) is 2.00. The second-order valence-corrected chi connectivity index (χ2v) is 6.06. The van der Waals surface area contributed by atoms with E-state index < -0.39 is 17.8 Å². The maximum absolute atomic E-state index is 13.7. The Bertz CT molecular complexity index is 703. The van der Waals surface area contributed by atoms with Gasteiger partial charge in [0.1, 0.15) is 11.6 Å². The van der Waals surface area contributed by atoms with E-state index >= 15 is 0 Å². The number of nitrogens with one attached hydrogen (secondary N) is 1. The van der Waals surface area contributed by atoms with E-state index in [2.05, 4.69) is 21.2 Å². The Hall–Kier alpha value is -1.88. The van der Waals surface area contributed by atoms with Gasteiger partial charge in [-0.05, 0) is 50.6 Å². The number of benzene rings is 2. The molecule has 0 aliphatic carbocycles. The van der Waals surface area contributed by atoms with E-state index in [-0.39, 0.29) is 5.69 Å². The number of carbonyl (C=O) groups is 1. The molecule has 0 fully saturated rings. The molecule has 2 rings (SSSR count). The monoisotopic (exact) mass is 365 g/mol. The maximum atomic E-state index is 13.7. The van der Waals surface area contributed by atoms with E-state index in [0.29, 0.717) is 10.2 Å².